The molecule has 7 heteroatoms. The number of amides is 1. The fraction of sp³-hybridized carbons (Fsp3) is 0.429. The van der Waals surface area contributed by atoms with E-state index in [0.29, 0.717) is 18.9 Å². The van der Waals surface area contributed by atoms with E-state index in [-0.39, 0.29) is 11.9 Å². The molecule has 0 aliphatic heterocycles. The van der Waals surface area contributed by atoms with Crippen LogP contribution in [-0.2, 0) is 11.3 Å². The molecule has 0 aromatic carbocycles. The topological polar surface area (TPSA) is 86.8 Å². The van der Waals surface area contributed by atoms with Crippen LogP contribution in [0.5, 0.6) is 0 Å². The van der Waals surface area contributed by atoms with Crippen LogP contribution in [0.15, 0.2) is 24.5 Å². The van der Waals surface area contributed by atoms with Crippen LogP contribution < -0.4 is 5.32 Å². The van der Waals surface area contributed by atoms with Crippen LogP contribution in [0.2, 0.25) is 0 Å². The lowest BCUT2D eigenvalue weighted by atomic mass is 10.2. The van der Waals surface area contributed by atoms with Gasteiger partial charge in [0.15, 0.2) is 5.82 Å². The van der Waals surface area contributed by atoms with E-state index < -0.39 is 0 Å². The number of carbonyl (C=O) groups excluding carboxylic acids is 1. The van der Waals surface area contributed by atoms with Gasteiger partial charge in [0.2, 0.25) is 5.91 Å². The Bertz CT molecular complexity index is 582. The van der Waals surface area contributed by atoms with Crippen molar-refractivity contribution in [1.29, 1.82) is 0 Å². The summed E-state index contributed by atoms with van der Waals surface area (Å²) in [6, 6.07) is 3.66. The highest BCUT2D eigenvalue weighted by Crippen LogP contribution is 2.06. The molecule has 7 nitrogen and oxygen atoms in total. The quantitative estimate of drug-likeness (QED) is 0.821. The van der Waals surface area contributed by atoms with Crippen molar-refractivity contribution >= 4 is 5.91 Å². The molecule has 21 heavy (non-hydrogen) atoms. The van der Waals surface area contributed by atoms with Gasteiger partial charge in [0.25, 0.3) is 0 Å². The zero-order chi connectivity index (χ0) is 15.2. The Morgan fingerprint density at radius 2 is 2.14 bits per heavy atom. The molecule has 2 aromatic heterocycles. The SMILES string of the molecule is Cc1nc([C@H](C)NC(=O)CN(C)Cc2ccncc2)n[nH]1. The van der Waals surface area contributed by atoms with Crippen molar-refractivity contribution in [2.24, 2.45) is 0 Å². The molecule has 0 aliphatic carbocycles. The maximum atomic E-state index is 12.0. The normalized spacial score (nSPS) is 12.4. The van der Waals surface area contributed by atoms with E-state index in [9.17, 15) is 4.79 Å². The van der Waals surface area contributed by atoms with Gasteiger partial charge in [0.1, 0.15) is 5.82 Å². The molecule has 0 radical (unpaired) electrons. The fourth-order valence-corrected chi connectivity index (χ4v) is 2.01. The number of aromatic nitrogens is 4. The van der Waals surface area contributed by atoms with Crippen molar-refractivity contribution in [3.8, 4) is 0 Å². The molecule has 2 rings (SSSR count). The smallest absolute Gasteiger partial charge is 0.234 e. The zero-order valence-electron chi connectivity index (χ0n) is 12.5. The molecule has 2 N–H and O–H groups in total. The molecule has 0 spiro atoms. The standard InChI is InChI=1S/C14H20N6O/c1-10(14-17-11(2)18-19-14)16-13(21)9-20(3)8-12-4-6-15-7-5-12/h4-7,10H,8-9H2,1-3H3,(H,16,21)(H,17,18,19)/t10-/m0/s1. The van der Waals surface area contributed by atoms with Gasteiger partial charge in [-0.15, -0.1) is 0 Å². The first-order chi connectivity index (χ1) is 10.0. The van der Waals surface area contributed by atoms with E-state index in [1.54, 1.807) is 12.4 Å². The molecule has 1 amide bonds. The third-order valence-corrected chi connectivity index (χ3v) is 2.99. The number of carbonyl (C=O) groups is 1. The zero-order valence-corrected chi connectivity index (χ0v) is 12.5. The number of hydrogen-bond donors (Lipinski definition) is 2. The second-order valence-electron chi connectivity index (χ2n) is 5.10. The van der Waals surface area contributed by atoms with Gasteiger partial charge in [0, 0.05) is 18.9 Å². The van der Waals surface area contributed by atoms with E-state index in [1.807, 2.05) is 37.9 Å². The van der Waals surface area contributed by atoms with Gasteiger partial charge in [-0.2, -0.15) is 5.10 Å². The Morgan fingerprint density at radius 3 is 2.76 bits per heavy atom. The molecule has 2 heterocycles. The minimum atomic E-state index is -0.211. The summed E-state index contributed by atoms with van der Waals surface area (Å²) in [5.74, 6) is 1.28. The number of pyridine rings is 1. The molecule has 0 aliphatic rings. The van der Waals surface area contributed by atoms with E-state index >= 15 is 0 Å². The van der Waals surface area contributed by atoms with Gasteiger partial charge in [-0.05, 0) is 38.6 Å². The monoisotopic (exact) mass is 288 g/mol. The number of nitrogens with zero attached hydrogens (tertiary/aromatic N) is 4. The van der Waals surface area contributed by atoms with Crippen LogP contribution in [0.3, 0.4) is 0 Å². The maximum absolute atomic E-state index is 12.0. The molecule has 2 aromatic rings. The molecular weight excluding hydrogens is 268 g/mol. The van der Waals surface area contributed by atoms with Crippen LogP contribution in [0, 0.1) is 6.92 Å². The highest BCUT2D eigenvalue weighted by Gasteiger charge is 2.14. The van der Waals surface area contributed by atoms with Crippen LogP contribution >= 0.6 is 0 Å². The first-order valence-corrected chi connectivity index (χ1v) is 6.80. The summed E-state index contributed by atoms with van der Waals surface area (Å²) in [5.41, 5.74) is 1.12. The highest BCUT2D eigenvalue weighted by atomic mass is 16.2. The minimum absolute atomic E-state index is 0.0542. The summed E-state index contributed by atoms with van der Waals surface area (Å²) < 4.78 is 0. The molecule has 0 saturated carbocycles. The Morgan fingerprint density at radius 1 is 1.43 bits per heavy atom. The van der Waals surface area contributed by atoms with Crippen molar-refractivity contribution in [2.45, 2.75) is 26.4 Å². The number of likely N-dealkylation sites (N-methyl/N-ethyl adjacent to an activating group) is 1. The predicted molar refractivity (Wildman–Crippen MR) is 78.2 cm³/mol. The van der Waals surface area contributed by atoms with Gasteiger partial charge >= 0.3 is 0 Å². The summed E-state index contributed by atoms with van der Waals surface area (Å²) >= 11 is 0. The van der Waals surface area contributed by atoms with Gasteiger partial charge in [0.05, 0.1) is 12.6 Å². The number of hydrogen-bond acceptors (Lipinski definition) is 5. The lowest BCUT2D eigenvalue weighted by Gasteiger charge is -2.17. The second kappa shape index (κ2) is 6.94. The lowest BCUT2D eigenvalue weighted by molar-refractivity contribution is -0.122. The molecule has 112 valence electrons. The summed E-state index contributed by atoms with van der Waals surface area (Å²) in [6.07, 6.45) is 3.49. The molecule has 0 saturated heterocycles. The average molecular weight is 288 g/mol. The molecule has 0 bridgehead atoms. The molecule has 1 atom stereocenters. The Labute approximate surface area is 123 Å². The number of aryl methyl sites for hydroxylation is 1. The van der Waals surface area contributed by atoms with E-state index in [0.717, 1.165) is 11.4 Å². The number of aromatic amines is 1. The van der Waals surface area contributed by atoms with Gasteiger partial charge in [-0.1, -0.05) is 0 Å². The molecular formula is C14H20N6O. The first kappa shape index (κ1) is 15.1. The van der Waals surface area contributed by atoms with Gasteiger partial charge in [-0.3, -0.25) is 19.8 Å². The van der Waals surface area contributed by atoms with Crippen molar-refractivity contribution in [2.75, 3.05) is 13.6 Å². The van der Waals surface area contributed by atoms with E-state index in [2.05, 4.69) is 25.5 Å². The average Bonchev–Trinajstić information content (AvgIpc) is 2.86. The van der Waals surface area contributed by atoms with Gasteiger partial charge < -0.3 is 5.32 Å². The minimum Gasteiger partial charge on any atom is -0.345 e. The van der Waals surface area contributed by atoms with E-state index in [4.69, 9.17) is 0 Å². The Balaban J connectivity index is 1.81. The third-order valence-electron chi connectivity index (χ3n) is 2.99. The first-order valence-electron chi connectivity index (χ1n) is 6.80. The van der Waals surface area contributed by atoms with Crippen LogP contribution in [0.1, 0.15) is 30.2 Å². The van der Waals surface area contributed by atoms with Crippen molar-refractivity contribution in [3.05, 3.63) is 41.7 Å². The summed E-state index contributed by atoms with van der Waals surface area (Å²) in [6.45, 7) is 4.71. The summed E-state index contributed by atoms with van der Waals surface area (Å²) in [5, 5.41) is 9.70. The summed E-state index contributed by atoms with van der Waals surface area (Å²) in [7, 11) is 1.90. The third kappa shape index (κ3) is 4.64. The molecule has 0 fully saturated rings. The fourth-order valence-electron chi connectivity index (χ4n) is 2.01. The van der Waals surface area contributed by atoms with Crippen LogP contribution in [-0.4, -0.2) is 44.6 Å². The number of nitrogens with one attached hydrogen (secondary N) is 2. The highest BCUT2D eigenvalue weighted by molar-refractivity contribution is 5.78. The van der Waals surface area contributed by atoms with Crippen LogP contribution in [0.4, 0.5) is 0 Å². The molecule has 0 unspecified atom stereocenters. The maximum Gasteiger partial charge on any atom is 0.234 e. The van der Waals surface area contributed by atoms with Crippen molar-refractivity contribution in [3.63, 3.8) is 0 Å². The largest absolute Gasteiger partial charge is 0.345 e. The van der Waals surface area contributed by atoms with Crippen LogP contribution in [0.25, 0.3) is 0 Å². The second-order valence-corrected chi connectivity index (χ2v) is 5.10. The number of H-pyrrole nitrogens is 1. The lowest BCUT2D eigenvalue weighted by Crippen LogP contribution is -2.36. The summed E-state index contributed by atoms with van der Waals surface area (Å²) in [4.78, 5) is 22.1. The van der Waals surface area contributed by atoms with E-state index in [1.165, 1.54) is 0 Å². The van der Waals surface area contributed by atoms with Gasteiger partial charge in [-0.25, -0.2) is 4.98 Å². The number of rotatable bonds is 6. The van der Waals surface area contributed by atoms with Crippen molar-refractivity contribution in [1.82, 2.24) is 30.4 Å². The Hall–Kier alpha value is -2.28. The van der Waals surface area contributed by atoms with Crippen molar-refractivity contribution < 1.29 is 4.79 Å². The Kier molecular flexibility index (Phi) is 4.99. The predicted octanol–water partition coefficient (Wildman–Crippen LogP) is 0.817.